The van der Waals surface area contributed by atoms with Gasteiger partial charge in [0.1, 0.15) is 16.7 Å². The van der Waals surface area contributed by atoms with E-state index in [0.29, 0.717) is 0 Å². The number of anilines is 2. The second kappa shape index (κ2) is 14.4. The molecule has 0 atom stereocenters. The molecule has 10 aromatic rings. The van der Waals surface area contributed by atoms with Crippen LogP contribution in [0.4, 0.5) is 11.4 Å². The molecule has 13 rings (SSSR count). The van der Waals surface area contributed by atoms with Crippen LogP contribution in [0.1, 0.15) is 156 Å². The second-order valence-electron chi connectivity index (χ2n) is 26.8. The number of nitrogens with one attached hydrogen (secondary N) is 1. The molecule has 7 aromatic carbocycles. The van der Waals surface area contributed by atoms with Crippen LogP contribution in [0.2, 0.25) is 0 Å². The normalized spacial score (nSPS) is 16.6. The number of aromatic nitrogens is 1. The second-order valence-corrected chi connectivity index (χ2v) is 26.8. The topological polar surface area (TPSA) is 43.2 Å². The molecule has 0 amide bonds. The molecule has 4 heterocycles. The average Bonchev–Trinajstić information content (AvgIpc) is 4.03. The van der Waals surface area contributed by atoms with Crippen LogP contribution in [0.25, 0.3) is 82.7 Å². The summed E-state index contributed by atoms with van der Waals surface area (Å²) < 4.78 is 16.8. The molecule has 0 bridgehead atoms. The van der Waals surface area contributed by atoms with Crippen molar-refractivity contribution >= 4 is 84.5 Å². The van der Waals surface area contributed by atoms with E-state index in [9.17, 15) is 0 Å². The van der Waals surface area contributed by atoms with Gasteiger partial charge in [0.05, 0.1) is 22.6 Å². The standard InChI is InChI=1S/C67H68BN2O2/c1-62(2,3)36-20-24-39(25-21-36)69-49-35-53-41(42-33-47-48(34-52(42)71-53)66(12,13)29-28-65(47,10)11)32-43(49)55-54-40-18-16-17-19-46(40)67(14,15)57(54)56-44-30-37(63(4,5)6)22-26-50(44)70-59-45-31-38(64(7,8)9)23-27-51(45)72-61(59)68-58(55)60(56)70/h16-27,30-35,69H,28-29H2,1-15H3. The van der Waals surface area contributed by atoms with Gasteiger partial charge in [-0.3, -0.25) is 0 Å². The van der Waals surface area contributed by atoms with Gasteiger partial charge in [0.15, 0.2) is 0 Å². The quantitative estimate of drug-likeness (QED) is 0.180. The Balaban J connectivity index is 1.21. The zero-order chi connectivity index (χ0) is 50.6. The van der Waals surface area contributed by atoms with E-state index >= 15 is 0 Å². The van der Waals surface area contributed by atoms with E-state index in [1.807, 2.05) is 0 Å². The van der Waals surface area contributed by atoms with Gasteiger partial charge in [0.2, 0.25) is 7.28 Å². The van der Waals surface area contributed by atoms with E-state index in [2.05, 4.69) is 230 Å². The van der Waals surface area contributed by atoms with E-state index < -0.39 is 0 Å². The molecule has 0 unspecified atom stereocenters. The Bertz CT molecular complexity index is 3990. The first kappa shape index (κ1) is 45.4. The Morgan fingerprint density at radius 2 is 1.12 bits per heavy atom. The molecule has 2 aliphatic carbocycles. The Kier molecular flexibility index (Phi) is 9.08. The van der Waals surface area contributed by atoms with Gasteiger partial charge in [-0.2, -0.15) is 0 Å². The number of benzene rings is 7. The van der Waals surface area contributed by atoms with E-state index in [1.165, 1.54) is 88.3 Å². The molecular formula is C67H68BN2O2. The van der Waals surface area contributed by atoms with Crippen molar-refractivity contribution in [3.05, 3.63) is 148 Å². The Hall–Kier alpha value is -6.46. The van der Waals surface area contributed by atoms with Crippen molar-refractivity contribution in [1.82, 2.24) is 4.57 Å². The summed E-state index contributed by atoms with van der Waals surface area (Å²) in [6, 6.07) is 41.9. The van der Waals surface area contributed by atoms with Crippen molar-refractivity contribution in [3.8, 4) is 27.9 Å². The highest BCUT2D eigenvalue weighted by atomic mass is 16.3. The molecular weight excluding hydrogens is 876 g/mol. The zero-order valence-electron chi connectivity index (χ0n) is 45.1. The van der Waals surface area contributed by atoms with Gasteiger partial charge in [-0.25, -0.2) is 0 Å². The van der Waals surface area contributed by atoms with Crippen LogP contribution >= 0.6 is 0 Å². The number of fused-ring (bicyclic) bond motifs is 15. The van der Waals surface area contributed by atoms with Crippen LogP contribution < -0.4 is 16.4 Å². The summed E-state index contributed by atoms with van der Waals surface area (Å²) >= 11 is 0. The van der Waals surface area contributed by atoms with Crippen molar-refractivity contribution < 1.29 is 8.83 Å². The van der Waals surface area contributed by atoms with Gasteiger partial charge in [-0.05, 0) is 156 Å². The van der Waals surface area contributed by atoms with Crippen LogP contribution in [0.5, 0.6) is 0 Å². The summed E-state index contributed by atoms with van der Waals surface area (Å²) in [6.45, 7) is 35.3. The maximum atomic E-state index is 7.13. The highest BCUT2D eigenvalue weighted by molar-refractivity contribution is 6.73. The lowest BCUT2D eigenvalue weighted by molar-refractivity contribution is 0.332. The predicted octanol–water partition coefficient (Wildman–Crippen LogP) is 17.4. The molecule has 3 aliphatic rings. The van der Waals surface area contributed by atoms with E-state index in [-0.39, 0.29) is 32.5 Å². The first-order valence-electron chi connectivity index (χ1n) is 26.5. The first-order chi connectivity index (χ1) is 33.8. The van der Waals surface area contributed by atoms with Crippen LogP contribution in [0, 0.1) is 0 Å². The van der Waals surface area contributed by atoms with Crippen molar-refractivity contribution in [2.75, 3.05) is 5.32 Å². The molecule has 3 aromatic heterocycles. The lowest BCUT2D eigenvalue weighted by atomic mass is 9.60. The maximum Gasteiger partial charge on any atom is 0.247 e. The first-order valence-corrected chi connectivity index (χ1v) is 26.5. The lowest BCUT2D eigenvalue weighted by Crippen LogP contribution is -2.37. The summed E-state index contributed by atoms with van der Waals surface area (Å²) in [4.78, 5) is 0. The number of furan rings is 2. The van der Waals surface area contributed by atoms with Crippen LogP contribution in [0.15, 0.2) is 118 Å². The third kappa shape index (κ3) is 6.37. The van der Waals surface area contributed by atoms with Crippen molar-refractivity contribution in [3.63, 3.8) is 0 Å². The van der Waals surface area contributed by atoms with Crippen molar-refractivity contribution in [2.24, 2.45) is 0 Å². The molecule has 1 aliphatic heterocycles. The number of hydrogen-bond donors (Lipinski definition) is 1. The summed E-state index contributed by atoms with van der Waals surface area (Å²) in [5, 5.41) is 10.1. The minimum Gasteiger partial charge on any atom is -0.469 e. The number of nitrogens with zero attached hydrogens (tertiary/aromatic N) is 1. The van der Waals surface area contributed by atoms with Crippen molar-refractivity contribution in [1.29, 1.82) is 0 Å². The Labute approximate surface area is 426 Å². The highest BCUT2D eigenvalue weighted by Crippen LogP contribution is 2.58. The predicted molar refractivity (Wildman–Crippen MR) is 307 cm³/mol. The van der Waals surface area contributed by atoms with Gasteiger partial charge in [-0.1, -0.05) is 152 Å². The average molecular weight is 944 g/mol. The van der Waals surface area contributed by atoms with E-state index in [4.69, 9.17) is 8.83 Å². The molecule has 361 valence electrons. The summed E-state index contributed by atoms with van der Waals surface area (Å²) in [5.41, 5.74) is 24.5. The molecule has 5 heteroatoms. The van der Waals surface area contributed by atoms with Gasteiger partial charge in [-0.15, -0.1) is 0 Å². The lowest BCUT2D eigenvalue weighted by Gasteiger charge is -2.41. The van der Waals surface area contributed by atoms with Crippen molar-refractivity contribution in [2.45, 2.75) is 149 Å². The Morgan fingerprint density at radius 1 is 0.528 bits per heavy atom. The van der Waals surface area contributed by atoms with E-state index in [0.717, 1.165) is 68.6 Å². The van der Waals surface area contributed by atoms with Crippen LogP contribution in [0.3, 0.4) is 0 Å². The zero-order valence-corrected chi connectivity index (χ0v) is 45.1. The van der Waals surface area contributed by atoms with Gasteiger partial charge < -0.3 is 18.7 Å². The molecule has 4 nitrogen and oxygen atoms in total. The number of rotatable bonds is 3. The molecule has 1 N–H and O–H groups in total. The monoisotopic (exact) mass is 944 g/mol. The fourth-order valence-corrected chi connectivity index (χ4v) is 13.1. The minimum atomic E-state index is -0.325. The fraction of sp³-hybridized carbons (Fsp3) is 0.343. The minimum absolute atomic E-state index is 0.0315. The van der Waals surface area contributed by atoms with Crippen LogP contribution in [-0.4, -0.2) is 11.8 Å². The third-order valence-corrected chi connectivity index (χ3v) is 17.5. The third-order valence-electron chi connectivity index (χ3n) is 17.5. The van der Waals surface area contributed by atoms with Gasteiger partial charge >= 0.3 is 0 Å². The molecule has 1 radical (unpaired) electrons. The smallest absolute Gasteiger partial charge is 0.247 e. The SMILES string of the molecule is CC(C)(C)c1ccc(Nc2cc3oc4cc5c(cc4c3cc2-c2c3c(c4c6cc(C(C)(C)C)ccc6n6c4c2[B]c2oc4ccc(C(C)(C)C)cc4c2-6)C(C)(C)c2ccccc2-3)C(C)(C)CCC5(C)C)cc1. The summed E-state index contributed by atoms with van der Waals surface area (Å²) in [5.74, 6) is 0. The van der Waals surface area contributed by atoms with Gasteiger partial charge in [0.25, 0.3) is 0 Å². The molecule has 72 heavy (non-hydrogen) atoms. The number of hydrogen-bond acceptors (Lipinski definition) is 3. The molecule has 0 saturated heterocycles. The highest BCUT2D eigenvalue weighted by Gasteiger charge is 2.44. The molecule has 0 spiro atoms. The summed E-state index contributed by atoms with van der Waals surface area (Å²) in [6.07, 6.45) is 2.29. The van der Waals surface area contributed by atoms with E-state index in [1.54, 1.807) is 0 Å². The molecule has 0 saturated carbocycles. The van der Waals surface area contributed by atoms with Gasteiger partial charge in [0, 0.05) is 55.2 Å². The molecule has 0 fully saturated rings. The summed E-state index contributed by atoms with van der Waals surface area (Å²) in [7, 11) is 2.39. The van der Waals surface area contributed by atoms with Crippen LogP contribution in [-0.2, 0) is 32.5 Å². The Morgan fingerprint density at radius 3 is 1.81 bits per heavy atom. The largest absolute Gasteiger partial charge is 0.469 e. The fourth-order valence-electron chi connectivity index (χ4n) is 13.1. The maximum absolute atomic E-state index is 7.13.